The van der Waals surface area contributed by atoms with Crippen molar-refractivity contribution in [3.8, 4) is 0 Å². The predicted molar refractivity (Wildman–Crippen MR) is 89.0 cm³/mol. The normalized spacial score (nSPS) is 28.6. The van der Waals surface area contributed by atoms with Crippen molar-refractivity contribution in [2.24, 2.45) is 17.8 Å². The third-order valence-electron chi connectivity index (χ3n) is 5.87. The van der Waals surface area contributed by atoms with Gasteiger partial charge in [0.15, 0.2) is 0 Å². The van der Waals surface area contributed by atoms with E-state index in [0.29, 0.717) is 0 Å². The van der Waals surface area contributed by atoms with E-state index in [1.807, 2.05) is 0 Å². The van der Waals surface area contributed by atoms with Crippen LogP contribution >= 0.6 is 0 Å². The Balaban J connectivity index is 1.65. The Labute approximate surface area is 127 Å². The molecule has 2 aliphatic rings. The van der Waals surface area contributed by atoms with Gasteiger partial charge in [-0.2, -0.15) is 0 Å². The summed E-state index contributed by atoms with van der Waals surface area (Å²) in [6, 6.07) is 0.812. The van der Waals surface area contributed by atoms with E-state index in [0.717, 1.165) is 23.8 Å². The third-order valence-corrected chi connectivity index (χ3v) is 5.87. The summed E-state index contributed by atoms with van der Waals surface area (Å²) in [6.45, 7) is 5.95. The minimum atomic E-state index is 0.812. The first-order valence-corrected chi connectivity index (χ1v) is 9.56. The van der Waals surface area contributed by atoms with Gasteiger partial charge in [0.05, 0.1) is 0 Å². The average Bonchev–Trinajstić information content (AvgIpc) is 3.07. The van der Waals surface area contributed by atoms with Gasteiger partial charge < -0.3 is 5.32 Å². The van der Waals surface area contributed by atoms with E-state index in [-0.39, 0.29) is 0 Å². The second kappa shape index (κ2) is 9.07. The molecule has 0 spiro atoms. The lowest BCUT2D eigenvalue weighted by atomic mass is 9.88. The molecular weight excluding hydrogens is 242 g/mol. The molecule has 2 fully saturated rings. The van der Waals surface area contributed by atoms with Crippen molar-refractivity contribution in [3.05, 3.63) is 0 Å². The van der Waals surface area contributed by atoms with E-state index in [9.17, 15) is 0 Å². The van der Waals surface area contributed by atoms with Crippen LogP contribution in [0.2, 0.25) is 0 Å². The van der Waals surface area contributed by atoms with Crippen molar-refractivity contribution in [1.82, 2.24) is 5.32 Å². The van der Waals surface area contributed by atoms with Crippen molar-refractivity contribution < 1.29 is 0 Å². The van der Waals surface area contributed by atoms with Gasteiger partial charge in [-0.05, 0) is 56.4 Å². The second-order valence-electron chi connectivity index (χ2n) is 7.53. The zero-order valence-electron chi connectivity index (χ0n) is 14.0. The summed E-state index contributed by atoms with van der Waals surface area (Å²) >= 11 is 0. The van der Waals surface area contributed by atoms with Crippen molar-refractivity contribution in [2.75, 3.05) is 6.54 Å². The highest BCUT2D eigenvalue weighted by atomic mass is 14.9. The third kappa shape index (κ3) is 5.06. The van der Waals surface area contributed by atoms with Crippen LogP contribution in [0.15, 0.2) is 0 Å². The van der Waals surface area contributed by atoms with Crippen molar-refractivity contribution in [2.45, 2.75) is 96.9 Å². The Morgan fingerprint density at radius 1 is 0.900 bits per heavy atom. The fraction of sp³-hybridized carbons (Fsp3) is 1.00. The molecule has 0 aromatic carbocycles. The molecule has 0 amide bonds. The highest BCUT2D eigenvalue weighted by Crippen LogP contribution is 2.48. The number of unbranched alkanes of at least 4 members (excludes halogenated alkanes) is 4. The van der Waals surface area contributed by atoms with Gasteiger partial charge in [-0.15, -0.1) is 0 Å². The lowest BCUT2D eigenvalue weighted by molar-refractivity contribution is 0.294. The molecule has 3 unspecified atom stereocenters. The highest BCUT2D eigenvalue weighted by Gasteiger charge is 2.39. The maximum Gasteiger partial charge on any atom is 0.00671 e. The quantitative estimate of drug-likeness (QED) is 0.489. The minimum Gasteiger partial charge on any atom is -0.314 e. The van der Waals surface area contributed by atoms with Gasteiger partial charge in [0, 0.05) is 6.04 Å². The molecule has 0 heterocycles. The average molecular weight is 280 g/mol. The summed E-state index contributed by atoms with van der Waals surface area (Å²) in [6.07, 6.45) is 17.4. The van der Waals surface area contributed by atoms with E-state index >= 15 is 0 Å². The Morgan fingerprint density at radius 3 is 2.10 bits per heavy atom. The van der Waals surface area contributed by atoms with Crippen molar-refractivity contribution >= 4 is 0 Å². The first-order valence-electron chi connectivity index (χ1n) is 9.56. The minimum absolute atomic E-state index is 0.812. The van der Waals surface area contributed by atoms with Crippen LogP contribution in [0.1, 0.15) is 90.9 Å². The summed E-state index contributed by atoms with van der Waals surface area (Å²) in [5.41, 5.74) is 0. The van der Waals surface area contributed by atoms with Crippen LogP contribution in [-0.4, -0.2) is 12.6 Å². The van der Waals surface area contributed by atoms with Gasteiger partial charge in [-0.1, -0.05) is 58.8 Å². The van der Waals surface area contributed by atoms with Crippen LogP contribution in [0.3, 0.4) is 0 Å². The Kier molecular flexibility index (Phi) is 7.41. The second-order valence-corrected chi connectivity index (χ2v) is 7.53. The zero-order chi connectivity index (χ0) is 14.2. The topological polar surface area (TPSA) is 12.0 Å². The standard InChI is InChI=1S/C19H37N/c1-3-5-7-9-19(10-8-6-4-2)20-15-18-14-16-11-12-17(18)13-16/h16-20H,3-15H2,1-2H3. The summed E-state index contributed by atoms with van der Waals surface area (Å²) in [7, 11) is 0. The highest BCUT2D eigenvalue weighted by molar-refractivity contribution is 4.91. The zero-order valence-corrected chi connectivity index (χ0v) is 14.0. The molecule has 2 bridgehead atoms. The number of rotatable bonds is 11. The van der Waals surface area contributed by atoms with E-state index in [4.69, 9.17) is 0 Å². The van der Waals surface area contributed by atoms with E-state index in [2.05, 4.69) is 19.2 Å². The molecule has 118 valence electrons. The molecule has 0 saturated heterocycles. The van der Waals surface area contributed by atoms with Gasteiger partial charge in [-0.25, -0.2) is 0 Å². The number of nitrogens with one attached hydrogen (secondary N) is 1. The van der Waals surface area contributed by atoms with Crippen LogP contribution in [0.5, 0.6) is 0 Å². The molecular formula is C19H37N. The van der Waals surface area contributed by atoms with Gasteiger partial charge in [0.25, 0.3) is 0 Å². The van der Waals surface area contributed by atoms with Crippen LogP contribution < -0.4 is 5.32 Å². The van der Waals surface area contributed by atoms with Crippen LogP contribution in [0.4, 0.5) is 0 Å². The molecule has 0 aromatic heterocycles. The first kappa shape index (κ1) is 16.3. The largest absolute Gasteiger partial charge is 0.314 e. The molecule has 20 heavy (non-hydrogen) atoms. The van der Waals surface area contributed by atoms with Crippen LogP contribution in [0.25, 0.3) is 0 Å². The molecule has 0 radical (unpaired) electrons. The van der Waals surface area contributed by atoms with Crippen molar-refractivity contribution in [1.29, 1.82) is 0 Å². The molecule has 1 nitrogen and oxygen atoms in total. The van der Waals surface area contributed by atoms with Gasteiger partial charge in [-0.3, -0.25) is 0 Å². The molecule has 1 N–H and O–H groups in total. The maximum atomic E-state index is 3.96. The fourth-order valence-electron chi connectivity index (χ4n) is 4.57. The van der Waals surface area contributed by atoms with Crippen LogP contribution in [0, 0.1) is 17.8 Å². The van der Waals surface area contributed by atoms with Gasteiger partial charge in [0.1, 0.15) is 0 Å². The van der Waals surface area contributed by atoms with Crippen molar-refractivity contribution in [3.63, 3.8) is 0 Å². The summed E-state index contributed by atoms with van der Waals surface area (Å²) in [5, 5.41) is 3.96. The number of fused-ring (bicyclic) bond motifs is 2. The molecule has 0 aliphatic heterocycles. The van der Waals surface area contributed by atoms with E-state index in [1.54, 1.807) is 6.42 Å². The maximum absolute atomic E-state index is 3.96. The Bertz CT molecular complexity index is 240. The van der Waals surface area contributed by atoms with Gasteiger partial charge >= 0.3 is 0 Å². The first-order chi connectivity index (χ1) is 9.83. The smallest absolute Gasteiger partial charge is 0.00671 e. The summed E-state index contributed by atoms with van der Waals surface area (Å²) in [4.78, 5) is 0. The monoisotopic (exact) mass is 279 g/mol. The Morgan fingerprint density at radius 2 is 1.60 bits per heavy atom. The van der Waals surface area contributed by atoms with Gasteiger partial charge in [0.2, 0.25) is 0 Å². The fourth-order valence-corrected chi connectivity index (χ4v) is 4.57. The lowest BCUT2D eigenvalue weighted by Gasteiger charge is -2.26. The molecule has 2 saturated carbocycles. The number of hydrogen-bond acceptors (Lipinski definition) is 1. The molecule has 2 aliphatic carbocycles. The van der Waals surface area contributed by atoms with E-state index < -0.39 is 0 Å². The molecule has 3 atom stereocenters. The summed E-state index contributed by atoms with van der Waals surface area (Å²) < 4.78 is 0. The number of hydrogen-bond donors (Lipinski definition) is 1. The lowest BCUT2D eigenvalue weighted by Crippen LogP contribution is -2.35. The molecule has 2 rings (SSSR count). The SMILES string of the molecule is CCCCCC(CCCCC)NCC1CC2CCC1C2. The molecule has 0 aromatic rings. The van der Waals surface area contributed by atoms with Crippen LogP contribution in [-0.2, 0) is 0 Å². The Hall–Kier alpha value is -0.0400. The van der Waals surface area contributed by atoms with E-state index in [1.165, 1.54) is 77.2 Å². The predicted octanol–water partition coefficient (Wildman–Crippen LogP) is 5.54. The summed E-state index contributed by atoms with van der Waals surface area (Å²) in [5.74, 6) is 3.21. The molecule has 1 heteroatoms.